The van der Waals surface area contributed by atoms with Crippen LogP contribution in [-0.2, 0) is 0 Å². The molecule has 0 N–H and O–H groups in total. The highest BCUT2D eigenvalue weighted by Crippen LogP contribution is 2.49. The Balaban J connectivity index is 1.48. The molecule has 0 saturated heterocycles. The smallest absolute Gasteiger partial charge is 0.230 e. The number of rotatable bonds is 4. The van der Waals surface area contributed by atoms with Crippen molar-refractivity contribution in [3.05, 3.63) is 108 Å². The van der Waals surface area contributed by atoms with Crippen LogP contribution in [0.2, 0.25) is 0 Å². The van der Waals surface area contributed by atoms with Crippen LogP contribution < -0.4 is 9.64 Å². The molecule has 1 aliphatic rings. The Morgan fingerprint density at radius 1 is 0.895 bits per heavy atom. The molecule has 0 unspecified atom stereocenters. The first-order valence-corrected chi connectivity index (χ1v) is 12.3. The normalized spacial score (nSPS) is 14.1. The van der Waals surface area contributed by atoms with E-state index in [4.69, 9.17) is 24.9 Å². The molecular weight excluding hydrogens is 476 g/mol. The highest BCUT2D eigenvalue weighted by atomic mass is 16.5. The van der Waals surface area contributed by atoms with Crippen LogP contribution >= 0.6 is 0 Å². The number of pyridine rings is 1. The van der Waals surface area contributed by atoms with Crippen LogP contribution in [0.25, 0.3) is 22.7 Å². The summed E-state index contributed by atoms with van der Waals surface area (Å²) in [5.74, 6) is 1.53. The third-order valence-electron chi connectivity index (χ3n) is 6.88. The minimum Gasteiger partial charge on any atom is -0.420 e. The van der Waals surface area contributed by atoms with Gasteiger partial charge in [0.15, 0.2) is 11.5 Å². The maximum Gasteiger partial charge on any atom is 0.230 e. The van der Waals surface area contributed by atoms with Gasteiger partial charge in [0.1, 0.15) is 6.33 Å². The van der Waals surface area contributed by atoms with Crippen molar-refractivity contribution < 1.29 is 4.74 Å². The molecule has 9 heteroatoms. The van der Waals surface area contributed by atoms with Crippen molar-refractivity contribution in [3.63, 3.8) is 0 Å². The molecule has 2 aromatic carbocycles. The molecule has 0 fully saturated rings. The molecule has 38 heavy (non-hydrogen) atoms. The van der Waals surface area contributed by atoms with Gasteiger partial charge in [0.05, 0.1) is 28.4 Å². The summed E-state index contributed by atoms with van der Waals surface area (Å²) in [6.45, 7) is 2.02. The van der Waals surface area contributed by atoms with E-state index in [1.807, 2.05) is 68.2 Å². The topological polar surface area (TPSA) is 86.3 Å². The van der Waals surface area contributed by atoms with Gasteiger partial charge in [-0.25, -0.2) is 19.2 Å². The summed E-state index contributed by atoms with van der Waals surface area (Å²) in [6, 6.07) is 22.4. The molecule has 4 aromatic heterocycles. The number of para-hydroxylation sites is 1. The minimum absolute atomic E-state index is 0.204. The summed E-state index contributed by atoms with van der Waals surface area (Å²) in [5.41, 5.74) is 7.38. The molecule has 0 bridgehead atoms. The first-order chi connectivity index (χ1) is 18.6. The highest BCUT2D eigenvalue weighted by Gasteiger charge is 2.38. The van der Waals surface area contributed by atoms with Gasteiger partial charge in [0.2, 0.25) is 11.8 Å². The van der Waals surface area contributed by atoms with E-state index in [-0.39, 0.29) is 5.92 Å². The predicted molar refractivity (Wildman–Crippen MR) is 144 cm³/mol. The Bertz CT molecular complexity index is 1770. The summed E-state index contributed by atoms with van der Waals surface area (Å²) in [6.07, 6.45) is 5.14. The monoisotopic (exact) mass is 500 g/mol. The minimum atomic E-state index is -0.204. The van der Waals surface area contributed by atoms with Crippen LogP contribution in [-0.4, -0.2) is 48.4 Å². The lowest BCUT2D eigenvalue weighted by Gasteiger charge is -2.26. The lowest BCUT2D eigenvalue weighted by atomic mass is 9.84. The summed E-state index contributed by atoms with van der Waals surface area (Å²) in [5, 5.41) is 9.61. The van der Waals surface area contributed by atoms with Gasteiger partial charge in [-0.15, -0.1) is 5.10 Å². The van der Waals surface area contributed by atoms with E-state index >= 15 is 0 Å². The van der Waals surface area contributed by atoms with Gasteiger partial charge < -0.3 is 9.64 Å². The van der Waals surface area contributed by atoms with Gasteiger partial charge in [-0.3, -0.25) is 4.98 Å². The molecule has 5 heterocycles. The third-order valence-corrected chi connectivity index (χ3v) is 6.88. The van der Waals surface area contributed by atoms with Gasteiger partial charge in [-0.05, 0) is 48.9 Å². The second kappa shape index (κ2) is 8.52. The first-order valence-electron chi connectivity index (χ1n) is 12.3. The number of nitrogens with zero attached hydrogens (tertiary/aromatic N) is 8. The first kappa shape index (κ1) is 22.2. The Kier molecular flexibility index (Phi) is 4.97. The second-order valence-electron chi connectivity index (χ2n) is 9.48. The van der Waals surface area contributed by atoms with E-state index in [1.54, 1.807) is 23.2 Å². The molecule has 6 aromatic rings. The second-order valence-corrected chi connectivity index (χ2v) is 9.48. The summed E-state index contributed by atoms with van der Waals surface area (Å²) < 4.78 is 10.1. The fourth-order valence-electron chi connectivity index (χ4n) is 5.04. The Morgan fingerprint density at radius 2 is 1.71 bits per heavy atom. The number of ether oxygens (including phenoxy) is 1. The van der Waals surface area contributed by atoms with Crippen molar-refractivity contribution in [1.29, 1.82) is 0 Å². The van der Waals surface area contributed by atoms with Crippen molar-refractivity contribution in [2.45, 2.75) is 12.8 Å². The quantitative estimate of drug-likeness (QED) is 0.335. The van der Waals surface area contributed by atoms with Crippen LogP contribution in [0.1, 0.15) is 28.3 Å². The Morgan fingerprint density at radius 3 is 2.45 bits per heavy atom. The number of fused-ring (bicyclic) bond motifs is 4. The molecule has 0 saturated carbocycles. The van der Waals surface area contributed by atoms with Crippen LogP contribution in [0.15, 0.2) is 85.5 Å². The molecule has 0 radical (unpaired) electrons. The molecule has 0 spiro atoms. The van der Waals surface area contributed by atoms with E-state index in [0.29, 0.717) is 23.2 Å². The summed E-state index contributed by atoms with van der Waals surface area (Å²) >= 11 is 0. The zero-order valence-electron chi connectivity index (χ0n) is 21.1. The molecule has 7 rings (SSSR count). The maximum atomic E-state index is 6.51. The lowest BCUT2D eigenvalue weighted by Crippen LogP contribution is -2.16. The van der Waals surface area contributed by atoms with E-state index in [1.165, 1.54) is 0 Å². The summed E-state index contributed by atoms with van der Waals surface area (Å²) in [7, 11) is 4.07. The third kappa shape index (κ3) is 3.43. The van der Waals surface area contributed by atoms with E-state index in [0.717, 1.165) is 39.3 Å². The predicted octanol–water partition coefficient (Wildman–Crippen LogP) is 5.03. The molecule has 9 nitrogen and oxygen atoms in total. The van der Waals surface area contributed by atoms with Crippen LogP contribution in [0.4, 0.5) is 5.69 Å². The largest absolute Gasteiger partial charge is 0.420 e. The highest BCUT2D eigenvalue weighted by molar-refractivity contribution is 5.69. The number of aryl methyl sites for hydroxylation is 1. The van der Waals surface area contributed by atoms with Gasteiger partial charge in [0.25, 0.3) is 0 Å². The fourth-order valence-corrected chi connectivity index (χ4v) is 5.04. The number of hydrogen-bond donors (Lipinski definition) is 0. The average molecular weight is 501 g/mol. The van der Waals surface area contributed by atoms with E-state index < -0.39 is 0 Å². The zero-order valence-corrected chi connectivity index (χ0v) is 21.1. The SMILES string of the molecule is Cc1nn(-c2ccccc2)c2c1[C@@H](c1ccc(N(C)C)cc1)c1c(ncn3nc(-c4cccnc4)nc13)O2. The van der Waals surface area contributed by atoms with Gasteiger partial charge in [0, 0.05) is 37.7 Å². The molecule has 1 aliphatic heterocycles. The number of benzene rings is 2. The van der Waals surface area contributed by atoms with Crippen LogP contribution in [0.5, 0.6) is 11.8 Å². The molecule has 186 valence electrons. The zero-order chi connectivity index (χ0) is 25.8. The molecule has 0 amide bonds. The maximum absolute atomic E-state index is 6.51. The van der Waals surface area contributed by atoms with Crippen molar-refractivity contribution in [2.24, 2.45) is 0 Å². The summed E-state index contributed by atoms with van der Waals surface area (Å²) in [4.78, 5) is 16.0. The average Bonchev–Trinajstić information content (AvgIpc) is 3.54. The Labute approximate surface area is 219 Å². The van der Waals surface area contributed by atoms with E-state index in [9.17, 15) is 0 Å². The lowest BCUT2D eigenvalue weighted by molar-refractivity contribution is 0.402. The van der Waals surface area contributed by atoms with Gasteiger partial charge >= 0.3 is 0 Å². The number of aromatic nitrogens is 7. The van der Waals surface area contributed by atoms with E-state index in [2.05, 4.69) is 34.1 Å². The van der Waals surface area contributed by atoms with Crippen molar-refractivity contribution in [2.75, 3.05) is 19.0 Å². The van der Waals surface area contributed by atoms with Crippen molar-refractivity contribution in [3.8, 4) is 28.8 Å². The Hall–Kier alpha value is -5.05. The van der Waals surface area contributed by atoms with Crippen LogP contribution in [0, 0.1) is 6.92 Å². The standard InChI is InChI=1S/C29H24N8O/c1-18-23-24(19-11-13-21(14-12-19)35(2)3)25-27-32-26(20-8-7-15-30-16-20)34-36(27)17-31-28(25)38-29(23)37(33-18)22-9-5-4-6-10-22/h4-17,24H,1-3H3/t24-/m1/s1. The molecular formula is C29H24N8O. The van der Waals surface area contributed by atoms with Gasteiger partial charge in [-0.2, -0.15) is 5.10 Å². The van der Waals surface area contributed by atoms with Crippen LogP contribution in [0.3, 0.4) is 0 Å². The van der Waals surface area contributed by atoms with Crippen molar-refractivity contribution in [1.82, 2.24) is 34.3 Å². The molecule has 0 aliphatic carbocycles. The van der Waals surface area contributed by atoms with Gasteiger partial charge in [-0.1, -0.05) is 30.3 Å². The number of anilines is 1. The molecule has 1 atom stereocenters. The number of hydrogen-bond acceptors (Lipinski definition) is 7. The fraction of sp³-hybridized carbons (Fsp3) is 0.138. The van der Waals surface area contributed by atoms with Crippen molar-refractivity contribution >= 4 is 11.3 Å².